The summed E-state index contributed by atoms with van der Waals surface area (Å²) in [6.45, 7) is 7.95. The molecule has 0 amide bonds. The Bertz CT molecular complexity index is 451. The number of methoxy groups -OCH3 is 1. The second-order valence-electron chi connectivity index (χ2n) is 5.04. The molecule has 98 valence electrons. The number of nitriles is 1. The first-order valence-corrected chi connectivity index (χ1v) is 5.94. The molecule has 18 heavy (non-hydrogen) atoms. The van der Waals surface area contributed by atoms with Crippen molar-refractivity contribution in [3.05, 3.63) is 17.5 Å². The Labute approximate surface area is 108 Å². The molecule has 0 unspecified atom stereocenters. The molecule has 0 spiro atoms. The molecule has 0 saturated carbocycles. The van der Waals surface area contributed by atoms with Crippen LogP contribution in [0.3, 0.4) is 0 Å². The van der Waals surface area contributed by atoms with Crippen molar-refractivity contribution in [1.29, 1.82) is 5.26 Å². The van der Waals surface area contributed by atoms with Crippen LogP contribution >= 0.6 is 0 Å². The van der Waals surface area contributed by atoms with E-state index in [4.69, 9.17) is 10.00 Å². The number of aryl methyl sites for hydroxylation is 1. The maximum atomic E-state index is 8.86. The van der Waals surface area contributed by atoms with Gasteiger partial charge in [-0.3, -0.25) is 0 Å². The zero-order chi connectivity index (χ0) is 13.8. The van der Waals surface area contributed by atoms with Crippen LogP contribution < -0.4 is 5.32 Å². The minimum Gasteiger partial charge on any atom is -0.379 e. The number of rotatable bonds is 5. The van der Waals surface area contributed by atoms with Gasteiger partial charge in [0.1, 0.15) is 11.8 Å². The van der Waals surface area contributed by atoms with E-state index in [-0.39, 0.29) is 11.6 Å². The summed E-state index contributed by atoms with van der Waals surface area (Å²) in [4.78, 5) is 8.39. The fourth-order valence-electron chi connectivity index (χ4n) is 1.78. The van der Waals surface area contributed by atoms with Gasteiger partial charge in [0.25, 0.3) is 0 Å². The summed E-state index contributed by atoms with van der Waals surface area (Å²) >= 11 is 0. The van der Waals surface area contributed by atoms with Crippen molar-refractivity contribution in [1.82, 2.24) is 9.97 Å². The van der Waals surface area contributed by atoms with Crippen molar-refractivity contribution >= 4 is 5.95 Å². The van der Waals surface area contributed by atoms with E-state index in [1.807, 2.05) is 33.8 Å². The van der Waals surface area contributed by atoms with E-state index in [1.165, 1.54) is 0 Å². The average Bonchev–Trinajstić information content (AvgIpc) is 2.27. The van der Waals surface area contributed by atoms with E-state index in [0.717, 1.165) is 12.1 Å². The monoisotopic (exact) mass is 248 g/mol. The van der Waals surface area contributed by atoms with E-state index in [2.05, 4.69) is 15.3 Å². The molecule has 0 aliphatic carbocycles. The molecule has 1 heterocycles. The number of nitrogens with zero attached hydrogens (tertiary/aromatic N) is 3. The van der Waals surface area contributed by atoms with Gasteiger partial charge in [-0.2, -0.15) is 5.26 Å². The van der Waals surface area contributed by atoms with Crippen LogP contribution in [0.25, 0.3) is 0 Å². The molecule has 5 nitrogen and oxygen atoms in total. The van der Waals surface area contributed by atoms with Gasteiger partial charge in [0, 0.05) is 18.8 Å². The number of hydrogen-bond donors (Lipinski definition) is 1. The Morgan fingerprint density at radius 2 is 2.17 bits per heavy atom. The molecule has 1 aromatic heterocycles. The molecule has 0 saturated heterocycles. The average molecular weight is 248 g/mol. The summed E-state index contributed by atoms with van der Waals surface area (Å²) in [5, 5.41) is 12.1. The third-order valence-corrected chi connectivity index (χ3v) is 2.69. The molecule has 1 N–H and O–H groups in total. The second-order valence-corrected chi connectivity index (χ2v) is 5.04. The van der Waals surface area contributed by atoms with Gasteiger partial charge >= 0.3 is 0 Å². The number of aromatic nitrogens is 2. The van der Waals surface area contributed by atoms with Gasteiger partial charge in [0.2, 0.25) is 5.95 Å². The minimum atomic E-state index is -0.200. The third-order valence-electron chi connectivity index (χ3n) is 2.69. The van der Waals surface area contributed by atoms with Gasteiger partial charge in [0.05, 0.1) is 5.60 Å². The van der Waals surface area contributed by atoms with E-state index < -0.39 is 0 Å². The van der Waals surface area contributed by atoms with Gasteiger partial charge in [-0.15, -0.1) is 0 Å². The number of ether oxygens (including phenoxy) is 1. The molecule has 1 atom stereocenters. The molecular weight excluding hydrogens is 228 g/mol. The Morgan fingerprint density at radius 3 is 2.72 bits per heavy atom. The van der Waals surface area contributed by atoms with Crippen LogP contribution in [0, 0.1) is 18.3 Å². The van der Waals surface area contributed by atoms with Crippen molar-refractivity contribution in [3.8, 4) is 6.07 Å². The lowest BCUT2D eigenvalue weighted by molar-refractivity contribution is 0.0127. The second kappa shape index (κ2) is 5.78. The lowest BCUT2D eigenvalue weighted by Gasteiger charge is -2.27. The summed E-state index contributed by atoms with van der Waals surface area (Å²) in [5.74, 6) is 0.492. The van der Waals surface area contributed by atoms with Crippen LogP contribution in [0.4, 0.5) is 5.95 Å². The molecule has 0 radical (unpaired) electrons. The van der Waals surface area contributed by atoms with Crippen LogP contribution in [-0.4, -0.2) is 28.7 Å². The lowest BCUT2D eigenvalue weighted by Crippen LogP contribution is -2.31. The Balaban J connectivity index is 2.73. The predicted octanol–water partition coefficient (Wildman–Crippen LogP) is 2.27. The molecule has 5 heteroatoms. The number of hydrogen-bond acceptors (Lipinski definition) is 5. The molecule has 0 fully saturated rings. The summed E-state index contributed by atoms with van der Waals surface area (Å²) in [7, 11) is 1.70. The zero-order valence-corrected chi connectivity index (χ0v) is 11.6. The fraction of sp³-hybridized carbons (Fsp3) is 0.615. The summed E-state index contributed by atoms with van der Waals surface area (Å²) < 4.78 is 5.38. The molecule has 0 aliphatic rings. The van der Waals surface area contributed by atoms with E-state index in [1.54, 1.807) is 13.2 Å². The SMILES string of the molecule is COC(C)(C)C[C@H](C)Nc1nc(C)cc(C#N)n1. The van der Waals surface area contributed by atoms with Crippen LogP contribution in [0.15, 0.2) is 6.07 Å². The first kappa shape index (κ1) is 14.4. The van der Waals surface area contributed by atoms with E-state index in [0.29, 0.717) is 11.6 Å². The topological polar surface area (TPSA) is 70.8 Å². The van der Waals surface area contributed by atoms with Gasteiger partial charge in [-0.25, -0.2) is 9.97 Å². The standard InChI is InChI=1S/C13H20N4O/c1-9-6-11(8-14)17-12(15-9)16-10(2)7-13(3,4)18-5/h6,10H,7H2,1-5H3,(H,15,16,17)/t10-/m0/s1. The summed E-state index contributed by atoms with van der Waals surface area (Å²) in [6, 6.07) is 3.85. The van der Waals surface area contributed by atoms with Gasteiger partial charge in [-0.05, 0) is 40.2 Å². The molecule has 1 rings (SSSR count). The van der Waals surface area contributed by atoms with E-state index >= 15 is 0 Å². The number of anilines is 1. The molecule has 1 aromatic rings. The van der Waals surface area contributed by atoms with Crippen LogP contribution in [0.1, 0.15) is 38.6 Å². The first-order chi connectivity index (χ1) is 8.36. The molecule has 0 bridgehead atoms. The maximum absolute atomic E-state index is 8.86. The highest BCUT2D eigenvalue weighted by molar-refractivity contribution is 5.33. The van der Waals surface area contributed by atoms with Gasteiger partial charge in [-0.1, -0.05) is 0 Å². The van der Waals surface area contributed by atoms with Crippen molar-refractivity contribution in [3.63, 3.8) is 0 Å². The predicted molar refractivity (Wildman–Crippen MR) is 70.3 cm³/mol. The minimum absolute atomic E-state index is 0.160. The highest BCUT2D eigenvalue weighted by Crippen LogP contribution is 2.17. The first-order valence-electron chi connectivity index (χ1n) is 5.94. The maximum Gasteiger partial charge on any atom is 0.224 e. The lowest BCUT2D eigenvalue weighted by atomic mass is 10.00. The smallest absolute Gasteiger partial charge is 0.224 e. The van der Waals surface area contributed by atoms with Crippen LogP contribution in [0.5, 0.6) is 0 Å². The Morgan fingerprint density at radius 1 is 1.50 bits per heavy atom. The quantitative estimate of drug-likeness (QED) is 0.865. The molecule has 0 aliphatic heterocycles. The summed E-state index contributed by atoms with van der Waals surface area (Å²) in [5.41, 5.74) is 0.958. The van der Waals surface area contributed by atoms with E-state index in [9.17, 15) is 0 Å². The van der Waals surface area contributed by atoms with Crippen LogP contribution in [-0.2, 0) is 4.74 Å². The Kier molecular flexibility index (Phi) is 4.62. The van der Waals surface area contributed by atoms with Crippen molar-refractivity contribution in [2.45, 2.75) is 45.8 Å². The summed E-state index contributed by atoms with van der Waals surface area (Å²) in [6.07, 6.45) is 0.822. The molecular formula is C13H20N4O. The van der Waals surface area contributed by atoms with Crippen molar-refractivity contribution < 1.29 is 4.74 Å². The largest absolute Gasteiger partial charge is 0.379 e. The molecule has 0 aromatic carbocycles. The number of nitrogens with one attached hydrogen (secondary N) is 1. The van der Waals surface area contributed by atoms with Gasteiger partial charge in [0.15, 0.2) is 0 Å². The fourth-order valence-corrected chi connectivity index (χ4v) is 1.78. The van der Waals surface area contributed by atoms with Crippen LogP contribution in [0.2, 0.25) is 0 Å². The highest BCUT2D eigenvalue weighted by Gasteiger charge is 2.20. The van der Waals surface area contributed by atoms with Gasteiger partial charge < -0.3 is 10.1 Å². The van der Waals surface area contributed by atoms with Crippen molar-refractivity contribution in [2.75, 3.05) is 12.4 Å². The normalized spacial score (nSPS) is 12.9. The Hall–Kier alpha value is -1.67. The van der Waals surface area contributed by atoms with Crippen molar-refractivity contribution in [2.24, 2.45) is 0 Å². The third kappa shape index (κ3) is 4.30. The zero-order valence-electron chi connectivity index (χ0n) is 11.6. The highest BCUT2D eigenvalue weighted by atomic mass is 16.5.